The van der Waals surface area contributed by atoms with Crippen molar-refractivity contribution in [3.05, 3.63) is 12.2 Å². The molecular formula is C9H18NO5P. The number of esters is 1. The van der Waals surface area contributed by atoms with Crippen LogP contribution in [0, 0.1) is 5.92 Å². The van der Waals surface area contributed by atoms with Crippen LogP contribution in [0.25, 0.3) is 0 Å². The Hall–Kier alpha value is -0.680. The van der Waals surface area contributed by atoms with E-state index in [-0.39, 0.29) is 12.5 Å². The van der Waals surface area contributed by atoms with Crippen molar-refractivity contribution in [1.82, 2.24) is 0 Å². The van der Waals surface area contributed by atoms with E-state index in [9.17, 15) is 9.36 Å². The summed E-state index contributed by atoms with van der Waals surface area (Å²) in [6.45, 7) is 4.06. The smallest absolute Gasteiger partial charge is 0.329 e. The molecule has 0 aliphatic carbocycles. The maximum Gasteiger partial charge on any atom is 0.329 e. The summed E-state index contributed by atoms with van der Waals surface area (Å²) in [5.74, 6) is -0.383. The van der Waals surface area contributed by atoms with Gasteiger partial charge in [-0.15, -0.1) is 0 Å². The highest BCUT2D eigenvalue weighted by Crippen LogP contribution is 2.33. The van der Waals surface area contributed by atoms with E-state index in [1.807, 2.05) is 13.8 Å². The molecule has 1 atom stereocenters. The second-order valence-corrected chi connectivity index (χ2v) is 5.52. The first-order chi connectivity index (χ1) is 7.22. The fraction of sp³-hybridized carbons (Fsp3) is 0.667. The maximum atomic E-state index is 11.2. The van der Waals surface area contributed by atoms with Crippen molar-refractivity contribution < 1.29 is 23.9 Å². The average molecular weight is 251 g/mol. The van der Waals surface area contributed by atoms with E-state index in [2.05, 4.69) is 0 Å². The van der Waals surface area contributed by atoms with E-state index < -0.39 is 25.8 Å². The third kappa shape index (κ3) is 8.61. The van der Waals surface area contributed by atoms with E-state index >= 15 is 0 Å². The lowest BCUT2D eigenvalue weighted by atomic mass is 10.2. The molecule has 0 radical (unpaired) electrons. The molecule has 0 heterocycles. The summed E-state index contributed by atoms with van der Waals surface area (Å²) < 4.78 is 15.3. The largest absolute Gasteiger partial charge is 0.464 e. The van der Waals surface area contributed by atoms with Gasteiger partial charge >= 0.3 is 13.6 Å². The van der Waals surface area contributed by atoms with Crippen molar-refractivity contribution in [2.45, 2.75) is 19.9 Å². The minimum atomic E-state index is -4.08. The molecule has 0 aromatic carbocycles. The molecule has 1 unspecified atom stereocenters. The zero-order chi connectivity index (χ0) is 12.8. The third-order valence-electron chi connectivity index (χ3n) is 1.52. The number of hydrogen-bond acceptors (Lipinski definition) is 4. The van der Waals surface area contributed by atoms with Crippen molar-refractivity contribution in [2.24, 2.45) is 11.7 Å². The summed E-state index contributed by atoms with van der Waals surface area (Å²) >= 11 is 0. The lowest BCUT2D eigenvalue weighted by Gasteiger charge is -2.09. The predicted molar refractivity (Wildman–Crippen MR) is 59.8 cm³/mol. The molecule has 0 spiro atoms. The normalized spacial score (nSPS) is 14.4. The summed E-state index contributed by atoms with van der Waals surface area (Å²) in [6, 6.07) is -0.981. The van der Waals surface area contributed by atoms with Gasteiger partial charge in [-0.3, -0.25) is 9.36 Å². The van der Waals surface area contributed by atoms with Crippen molar-refractivity contribution in [3.63, 3.8) is 0 Å². The number of hydrogen-bond donors (Lipinski definition) is 3. The van der Waals surface area contributed by atoms with Gasteiger partial charge in [0.1, 0.15) is 6.04 Å². The summed E-state index contributed by atoms with van der Waals surface area (Å²) in [4.78, 5) is 28.3. The molecular weight excluding hydrogens is 233 g/mol. The Bertz CT molecular complexity index is 296. The highest BCUT2D eigenvalue weighted by molar-refractivity contribution is 7.51. The molecule has 0 saturated heterocycles. The van der Waals surface area contributed by atoms with Gasteiger partial charge in [0, 0.05) is 0 Å². The molecule has 0 bridgehead atoms. The monoisotopic (exact) mass is 251 g/mol. The zero-order valence-corrected chi connectivity index (χ0v) is 10.3. The van der Waals surface area contributed by atoms with Crippen LogP contribution in [0.15, 0.2) is 12.2 Å². The van der Waals surface area contributed by atoms with Crippen LogP contribution in [0.1, 0.15) is 13.8 Å². The number of carbonyl (C=O) groups excluding carboxylic acids is 1. The lowest BCUT2D eigenvalue weighted by Crippen LogP contribution is -2.31. The Kier molecular flexibility index (Phi) is 6.52. The molecule has 7 heteroatoms. The van der Waals surface area contributed by atoms with E-state index in [0.717, 1.165) is 0 Å². The predicted octanol–water partition coefficient (Wildman–Crippen LogP) is 0.247. The molecule has 0 saturated carbocycles. The minimum Gasteiger partial charge on any atom is -0.464 e. The van der Waals surface area contributed by atoms with Crippen LogP contribution >= 0.6 is 7.60 Å². The van der Waals surface area contributed by atoms with Crippen molar-refractivity contribution in [2.75, 3.05) is 12.8 Å². The van der Waals surface area contributed by atoms with Crippen molar-refractivity contribution >= 4 is 13.6 Å². The summed E-state index contributed by atoms with van der Waals surface area (Å²) in [5, 5.41) is 0. The van der Waals surface area contributed by atoms with Crippen LogP contribution < -0.4 is 5.73 Å². The van der Waals surface area contributed by atoms with Gasteiger partial charge in [0.05, 0.1) is 12.8 Å². The van der Waals surface area contributed by atoms with Gasteiger partial charge < -0.3 is 20.3 Å². The fourth-order valence-electron chi connectivity index (χ4n) is 0.768. The summed E-state index contributed by atoms with van der Waals surface area (Å²) in [5.41, 5.74) is 5.42. The van der Waals surface area contributed by atoms with Crippen molar-refractivity contribution in [3.8, 4) is 0 Å². The van der Waals surface area contributed by atoms with Gasteiger partial charge in [-0.05, 0) is 5.92 Å². The lowest BCUT2D eigenvalue weighted by molar-refractivity contribution is -0.145. The molecule has 0 fully saturated rings. The number of ether oxygens (including phenoxy) is 1. The molecule has 0 aromatic heterocycles. The molecule has 0 aliphatic heterocycles. The molecule has 6 nitrogen and oxygen atoms in total. The van der Waals surface area contributed by atoms with Gasteiger partial charge in [-0.25, -0.2) is 0 Å². The van der Waals surface area contributed by atoms with E-state index in [1.165, 1.54) is 12.2 Å². The Morgan fingerprint density at radius 3 is 2.50 bits per heavy atom. The van der Waals surface area contributed by atoms with Crippen LogP contribution in [0.3, 0.4) is 0 Å². The molecule has 4 N–H and O–H groups in total. The van der Waals surface area contributed by atoms with Gasteiger partial charge in [-0.1, -0.05) is 26.0 Å². The number of allylic oxidation sites excluding steroid dienone is 1. The van der Waals surface area contributed by atoms with Gasteiger partial charge in [0.25, 0.3) is 0 Å². The first kappa shape index (κ1) is 15.3. The van der Waals surface area contributed by atoms with E-state index in [1.54, 1.807) is 0 Å². The number of rotatable bonds is 6. The van der Waals surface area contributed by atoms with E-state index in [4.69, 9.17) is 20.3 Å². The summed E-state index contributed by atoms with van der Waals surface area (Å²) in [6.07, 6.45) is 1.97. The maximum absolute atomic E-state index is 11.2. The minimum absolute atomic E-state index is 0.218. The Labute approximate surface area is 94.6 Å². The number of nitrogens with two attached hydrogens (primary N) is 1. The van der Waals surface area contributed by atoms with Crippen LogP contribution in [0.5, 0.6) is 0 Å². The molecule has 0 amide bonds. The van der Waals surface area contributed by atoms with Crippen molar-refractivity contribution in [1.29, 1.82) is 0 Å². The second kappa shape index (κ2) is 6.81. The first-order valence-corrected chi connectivity index (χ1v) is 6.65. The summed E-state index contributed by atoms with van der Waals surface area (Å²) in [7, 11) is -4.08. The van der Waals surface area contributed by atoms with E-state index in [0.29, 0.717) is 0 Å². The average Bonchev–Trinajstić information content (AvgIpc) is 2.11. The van der Waals surface area contributed by atoms with Crippen LogP contribution in [-0.2, 0) is 14.1 Å². The zero-order valence-electron chi connectivity index (χ0n) is 9.37. The van der Waals surface area contributed by atoms with Crippen LogP contribution in [-0.4, -0.2) is 34.6 Å². The highest BCUT2D eigenvalue weighted by Gasteiger charge is 2.14. The highest BCUT2D eigenvalue weighted by atomic mass is 31.2. The van der Waals surface area contributed by atoms with Gasteiger partial charge in [-0.2, -0.15) is 0 Å². The first-order valence-electron chi connectivity index (χ1n) is 4.86. The fourth-order valence-corrected chi connectivity index (χ4v) is 1.16. The standard InChI is InChI=1S/C9H18NO5P/c1-7(2)6-15-9(11)8(10)4-3-5-16(12,13)14/h3-4,7-8H,5-6,10H2,1-2H3,(H2,12,13,14). The SMILES string of the molecule is CC(C)COC(=O)C(N)C=CCP(=O)(O)O. The van der Waals surface area contributed by atoms with Gasteiger partial charge in [0.15, 0.2) is 0 Å². The molecule has 0 aromatic rings. The Balaban J connectivity index is 4.00. The molecule has 16 heavy (non-hydrogen) atoms. The molecule has 0 rings (SSSR count). The Morgan fingerprint density at radius 1 is 1.50 bits per heavy atom. The third-order valence-corrected chi connectivity index (χ3v) is 2.20. The topological polar surface area (TPSA) is 110 Å². The Morgan fingerprint density at radius 2 is 2.06 bits per heavy atom. The molecule has 0 aliphatic rings. The number of carbonyl (C=O) groups is 1. The quantitative estimate of drug-likeness (QED) is 0.354. The van der Waals surface area contributed by atoms with Crippen LogP contribution in [0.4, 0.5) is 0 Å². The molecule has 94 valence electrons. The second-order valence-electron chi connectivity index (χ2n) is 3.83. The van der Waals surface area contributed by atoms with Crippen LogP contribution in [0.2, 0.25) is 0 Å². The van der Waals surface area contributed by atoms with Gasteiger partial charge in [0.2, 0.25) is 0 Å².